The molecule has 1 unspecified atom stereocenters. The van der Waals surface area contributed by atoms with Gasteiger partial charge in [0.15, 0.2) is 0 Å². The lowest BCUT2D eigenvalue weighted by molar-refractivity contribution is -0.116. The molecular formula is C17H19FN2O. The SMILES string of the molecule is Cc1ccc(NC(=O)C(C)Nc2c(C)cccc2F)cc1. The first-order valence-corrected chi connectivity index (χ1v) is 6.86. The summed E-state index contributed by atoms with van der Waals surface area (Å²) in [5.74, 6) is -0.563. The molecular weight excluding hydrogens is 267 g/mol. The minimum Gasteiger partial charge on any atom is -0.371 e. The molecule has 2 N–H and O–H groups in total. The van der Waals surface area contributed by atoms with E-state index in [0.29, 0.717) is 5.69 Å². The molecule has 2 rings (SSSR count). The van der Waals surface area contributed by atoms with Gasteiger partial charge in [0.05, 0.1) is 5.69 Å². The summed E-state index contributed by atoms with van der Waals surface area (Å²) >= 11 is 0. The molecule has 1 atom stereocenters. The van der Waals surface area contributed by atoms with E-state index in [-0.39, 0.29) is 11.7 Å². The Balaban J connectivity index is 2.04. The summed E-state index contributed by atoms with van der Waals surface area (Å²) in [5.41, 5.74) is 2.99. The second kappa shape index (κ2) is 6.39. The lowest BCUT2D eigenvalue weighted by Gasteiger charge is -2.17. The van der Waals surface area contributed by atoms with Gasteiger partial charge in [-0.1, -0.05) is 29.8 Å². The fraction of sp³-hybridized carbons (Fsp3) is 0.235. The molecule has 0 aromatic heterocycles. The third kappa shape index (κ3) is 3.81. The summed E-state index contributed by atoms with van der Waals surface area (Å²) in [6.07, 6.45) is 0. The Morgan fingerprint density at radius 2 is 1.76 bits per heavy atom. The monoisotopic (exact) mass is 286 g/mol. The lowest BCUT2D eigenvalue weighted by atomic mass is 10.1. The molecule has 0 aliphatic heterocycles. The molecule has 0 bridgehead atoms. The molecule has 4 heteroatoms. The van der Waals surface area contributed by atoms with Gasteiger partial charge in [-0.05, 0) is 44.5 Å². The zero-order valence-corrected chi connectivity index (χ0v) is 12.4. The third-order valence-electron chi connectivity index (χ3n) is 3.30. The molecule has 0 heterocycles. The molecule has 2 aromatic rings. The second-order valence-corrected chi connectivity index (χ2v) is 5.15. The van der Waals surface area contributed by atoms with Crippen molar-refractivity contribution in [1.82, 2.24) is 0 Å². The highest BCUT2D eigenvalue weighted by Gasteiger charge is 2.15. The van der Waals surface area contributed by atoms with E-state index in [1.54, 1.807) is 26.0 Å². The number of rotatable bonds is 4. The maximum absolute atomic E-state index is 13.8. The quantitative estimate of drug-likeness (QED) is 0.895. The van der Waals surface area contributed by atoms with Crippen LogP contribution in [-0.2, 0) is 4.79 Å². The minimum absolute atomic E-state index is 0.207. The van der Waals surface area contributed by atoms with Crippen LogP contribution in [-0.4, -0.2) is 11.9 Å². The van der Waals surface area contributed by atoms with E-state index in [9.17, 15) is 9.18 Å². The standard InChI is InChI=1S/C17H19FN2O/c1-11-7-9-14(10-8-11)20-17(21)13(3)19-16-12(2)5-4-6-15(16)18/h4-10,13,19H,1-3H3,(H,20,21). The van der Waals surface area contributed by atoms with Gasteiger partial charge in [-0.25, -0.2) is 4.39 Å². The summed E-state index contributed by atoms with van der Waals surface area (Å²) in [6, 6.07) is 11.8. The summed E-state index contributed by atoms with van der Waals surface area (Å²) in [5, 5.41) is 5.73. The normalized spacial score (nSPS) is 11.8. The van der Waals surface area contributed by atoms with E-state index in [0.717, 1.165) is 16.8 Å². The van der Waals surface area contributed by atoms with E-state index in [2.05, 4.69) is 10.6 Å². The van der Waals surface area contributed by atoms with Crippen molar-refractivity contribution >= 4 is 17.3 Å². The summed E-state index contributed by atoms with van der Waals surface area (Å²) < 4.78 is 13.8. The van der Waals surface area contributed by atoms with Gasteiger partial charge in [-0.15, -0.1) is 0 Å². The number of anilines is 2. The molecule has 0 fully saturated rings. The first-order chi connectivity index (χ1) is 9.97. The summed E-state index contributed by atoms with van der Waals surface area (Å²) in [7, 11) is 0. The van der Waals surface area contributed by atoms with Crippen molar-refractivity contribution in [1.29, 1.82) is 0 Å². The van der Waals surface area contributed by atoms with Crippen LogP contribution >= 0.6 is 0 Å². The molecule has 3 nitrogen and oxygen atoms in total. The number of hydrogen-bond acceptors (Lipinski definition) is 2. The van der Waals surface area contributed by atoms with Gasteiger partial charge in [0.1, 0.15) is 11.9 Å². The zero-order valence-electron chi connectivity index (χ0n) is 12.4. The number of halogens is 1. The van der Waals surface area contributed by atoms with Crippen molar-refractivity contribution in [3.05, 3.63) is 59.4 Å². The van der Waals surface area contributed by atoms with Crippen molar-refractivity contribution in [2.24, 2.45) is 0 Å². The molecule has 21 heavy (non-hydrogen) atoms. The smallest absolute Gasteiger partial charge is 0.246 e. The highest BCUT2D eigenvalue weighted by atomic mass is 19.1. The van der Waals surface area contributed by atoms with E-state index in [1.807, 2.05) is 31.2 Å². The van der Waals surface area contributed by atoms with Crippen LogP contribution in [0.3, 0.4) is 0 Å². The van der Waals surface area contributed by atoms with Crippen LogP contribution in [0.15, 0.2) is 42.5 Å². The van der Waals surface area contributed by atoms with Crippen molar-refractivity contribution in [2.45, 2.75) is 26.8 Å². The number of aryl methyl sites for hydroxylation is 2. The van der Waals surface area contributed by atoms with Gasteiger partial charge in [-0.3, -0.25) is 4.79 Å². The first kappa shape index (κ1) is 15.0. The predicted molar refractivity (Wildman–Crippen MR) is 84.0 cm³/mol. The molecule has 2 aromatic carbocycles. The van der Waals surface area contributed by atoms with Crippen molar-refractivity contribution in [3.63, 3.8) is 0 Å². The highest BCUT2D eigenvalue weighted by molar-refractivity contribution is 5.96. The molecule has 0 saturated heterocycles. The number of carbonyl (C=O) groups excluding carboxylic acids is 1. The van der Waals surface area contributed by atoms with Gasteiger partial charge < -0.3 is 10.6 Å². The van der Waals surface area contributed by atoms with Gasteiger partial charge in [0.25, 0.3) is 0 Å². The molecule has 0 spiro atoms. The molecule has 110 valence electrons. The Labute approximate surface area is 124 Å². The third-order valence-corrected chi connectivity index (χ3v) is 3.30. The maximum Gasteiger partial charge on any atom is 0.246 e. The van der Waals surface area contributed by atoms with Crippen LogP contribution in [0.2, 0.25) is 0 Å². The van der Waals surface area contributed by atoms with Gasteiger partial charge in [0, 0.05) is 5.69 Å². The zero-order chi connectivity index (χ0) is 15.4. The van der Waals surface area contributed by atoms with Crippen LogP contribution in [0.1, 0.15) is 18.1 Å². The largest absolute Gasteiger partial charge is 0.371 e. The van der Waals surface area contributed by atoms with Crippen molar-refractivity contribution in [2.75, 3.05) is 10.6 Å². The number of nitrogens with one attached hydrogen (secondary N) is 2. The molecule has 1 amide bonds. The van der Waals surface area contributed by atoms with Crippen LogP contribution < -0.4 is 10.6 Å². The van der Waals surface area contributed by atoms with E-state index >= 15 is 0 Å². The predicted octanol–water partition coefficient (Wildman–Crippen LogP) is 3.88. The van der Waals surface area contributed by atoms with E-state index < -0.39 is 6.04 Å². The second-order valence-electron chi connectivity index (χ2n) is 5.15. The summed E-state index contributed by atoms with van der Waals surface area (Å²) in [4.78, 5) is 12.1. The van der Waals surface area contributed by atoms with Crippen LogP contribution in [0.5, 0.6) is 0 Å². The fourth-order valence-corrected chi connectivity index (χ4v) is 1.98. The van der Waals surface area contributed by atoms with Gasteiger partial charge in [0.2, 0.25) is 5.91 Å². The first-order valence-electron chi connectivity index (χ1n) is 6.86. The Kier molecular flexibility index (Phi) is 4.58. The van der Waals surface area contributed by atoms with Gasteiger partial charge in [-0.2, -0.15) is 0 Å². The molecule has 0 aliphatic carbocycles. The lowest BCUT2D eigenvalue weighted by Crippen LogP contribution is -2.32. The van der Waals surface area contributed by atoms with Crippen LogP contribution in [0.4, 0.5) is 15.8 Å². The van der Waals surface area contributed by atoms with Gasteiger partial charge >= 0.3 is 0 Å². The van der Waals surface area contributed by atoms with E-state index in [4.69, 9.17) is 0 Å². The number of hydrogen-bond donors (Lipinski definition) is 2. The van der Waals surface area contributed by atoms with Crippen molar-refractivity contribution < 1.29 is 9.18 Å². The fourth-order valence-electron chi connectivity index (χ4n) is 1.98. The maximum atomic E-state index is 13.8. The average Bonchev–Trinajstić information content (AvgIpc) is 2.45. The minimum atomic E-state index is -0.540. The number of para-hydroxylation sites is 1. The Morgan fingerprint density at radius 3 is 2.38 bits per heavy atom. The molecule has 0 radical (unpaired) electrons. The molecule has 0 saturated carbocycles. The number of carbonyl (C=O) groups is 1. The topological polar surface area (TPSA) is 41.1 Å². The van der Waals surface area contributed by atoms with Crippen LogP contribution in [0.25, 0.3) is 0 Å². The number of amides is 1. The average molecular weight is 286 g/mol. The number of benzene rings is 2. The van der Waals surface area contributed by atoms with Crippen molar-refractivity contribution in [3.8, 4) is 0 Å². The highest BCUT2D eigenvalue weighted by Crippen LogP contribution is 2.20. The Bertz CT molecular complexity index is 617. The molecule has 0 aliphatic rings. The van der Waals surface area contributed by atoms with Crippen LogP contribution in [0, 0.1) is 19.7 Å². The summed E-state index contributed by atoms with van der Waals surface area (Å²) in [6.45, 7) is 5.49. The Hall–Kier alpha value is -2.36. The van der Waals surface area contributed by atoms with E-state index in [1.165, 1.54) is 6.07 Å². The Morgan fingerprint density at radius 1 is 1.10 bits per heavy atom.